The Balaban J connectivity index is 0.00000200. The Kier molecular flexibility index (Phi) is 6.75. The standard InChI is InChI=1S/C15H21IN2O.ClH/c1-10-6-5-7-12(14(10)16)15(19)18-9-4-3-8-13(18)11(2)17;/h5-7,11,13H,3-4,8-9,17H2,1-2H3;1H. The molecule has 0 spiro atoms. The van der Waals surface area contributed by atoms with E-state index in [9.17, 15) is 4.79 Å². The van der Waals surface area contributed by atoms with Crippen LogP contribution in [0.3, 0.4) is 0 Å². The number of piperidine rings is 1. The van der Waals surface area contributed by atoms with Gasteiger partial charge in [-0.1, -0.05) is 12.1 Å². The van der Waals surface area contributed by atoms with Crippen molar-refractivity contribution in [2.75, 3.05) is 6.54 Å². The van der Waals surface area contributed by atoms with Crippen LogP contribution in [-0.2, 0) is 0 Å². The maximum Gasteiger partial charge on any atom is 0.255 e. The lowest BCUT2D eigenvalue weighted by molar-refractivity contribution is 0.0582. The van der Waals surface area contributed by atoms with Crippen molar-refractivity contribution < 1.29 is 4.79 Å². The van der Waals surface area contributed by atoms with Crippen LogP contribution in [0.4, 0.5) is 0 Å². The van der Waals surface area contributed by atoms with E-state index in [0.29, 0.717) is 0 Å². The number of carbonyl (C=O) groups is 1. The number of halogens is 2. The van der Waals surface area contributed by atoms with Crippen LogP contribution in [0, 0.1) is 10.5 Å². The van der Waals surface area contributed by atoms with Crippen LogP contribution in [0.2, 0.25) is 0 Å². The summed E-state index contributed by atoms with van der Waals surface area (Å²) in [6, 6.07) is 6.13. The van der Waals surface area contributed by atoms with Crippen LogP contribution >= 0.6 is 35.0 Å². The second-order valence-electron chi connectivity index (χ2n) is 5.36. The highest BCUT2D eigenvalue weighted by Gasteiger charge is 2.30. The Bertz CT molecular complexity index is 479. The molecule has 1 heterocycles. The second-order valence-corrected chi connectivity index (χ2v) is 6.44. The molecular formula is C15H22ClIN2O. The molecule has 2 rings (SSSR count). The molecule has 5 heteroatoms. The first-order valence-electron chi connectivity index (χ1n) is 6.84. The Morgan fingerprint density at radius 1 is 1.45 bits per heavy atom. The number of aryl methyl sites for hydroxylation is 1. The number of hydrogen-bond acceptors (Lipinski definition) is 2. The van der Waals surface area contributed by atoms with E-state index in [4.69, 9.17) is 5.73 Å². The summed E-state index contributed by atoms with van der Waals surface area (Å²) in [7, 11) is 0. The highest BCUT2D eigenvalue weighted by Crippen LogP contribution is 2.24. The fourth-order valence-electron chi connectivity index (χ4n) is 2.72. The molecule has 0 bridgehead atoms. The maximum absolute atomic E-state index is 12.8. The number of hydrogen-bond donors (Lipinski definition) is 1. The summed E-state index contributed by atoms with van der Waals surface area (Å²) in [6.07, 6.45) is 3.27. The number of nitrogens with zero attached hydrogens (tertiary/aromatic N) is 1. The molecule has 0 aliphatic carbocycles. The third-order valence-corrected chi connectivity index (χ3v) is 5.27. The Morgan fingerprint density at radius 3 is 2.80 bits per heavy atom. The fraction of sp³-hybridized carbons (Fsp3) is 0.533. The SMILES string of the molecule is Cc1cccc(C(=O)N2CCCCC2C(C)N)c1I.Cl. The summed E-state index contributed by atoms with van der Waals surface area (Å²) in [5.41, 5.74) is 8.01. The summed E-state index contributed by atoms with van der Waals surface area (Å²) >= 11 is 2.26. The molecule has 0 aromatic heterocycles. The predicted molar refractivity (Wildman–Crippen MR) is 93.5 cm³/mol. The van der Waals surface area contributed by atoms with Crippen LogP contribution in [-0.4, -0.2) is 29.4 Å². The van der Waals surface area contributed by atoms with E-state index in [1.165, 1.54) is 6.42 Å². The zero-order valence-electron chi connectivity index (χ0n) is 11.9. The quantitative estimate of drug-likeness (QED) is 0.763. The zero-order chi connectivity index (χ0) is 14.0. The first-order chi connectivity index (χ1) is 9.02. The summed E-state index contributed by atoms with van der Waals surface area (Å²) in [4.78, 5) is 14.7. The molecule has 2 N–H and O–H groups in total. The Labute approximate surface area is 140 Å². The minimum Gasteiger partial charge on any atom is -0.334 e. The smallest absolute Gasteiger partial charge is 0.255 e. The molecule has 2 atom stereocenters. The van der Waals surface area contributed by atoms with Crippen molar-refractivity contribution in [1.29, 1.82) is 0 Å². The third kappa shape index (κ3) is 3.65. The Hall–Kier alpha value is -0.330. The molecule has 1 aliphatic rings. The van der Waals surface area contributed by atoms with Gasteiger partial charge in [0.1, 0.15) is 0 Å². The van der Waals surface area contributed by atoms with Crippen molar-refractivity contribution in [3.05, 3.63) is 32.9 Å². The molecule has 1 aliphatic heterocycles. The van der Waals surface area contributed by atoms with Crippen LogP contribution in [0.1, 0.15) is 42.1 Å². The minimum atomic E-state index is 0. The largest absolute Gasteiger partial charge is 0.334 e. The van der Waals surface area contributed by atoms with E-state index in [0.717, 1.165) is 34.1 Å². The summed E-state index contributed by atoms with van der Waals surface area (Å²) < 4.78 is 1.05. The predicted octanol–water partition coefficient (Wildman–Crippen LogP) is 3.36. The van der Waals surface area contributed by atoms with Gasteiger partial charge in [-0.2, -0.15) is 0 Å². The number of nitrogens with two attached hydrogens (primary N) is 1. The van der Waals surface area contributed by atoms with Gasteiger partial charge in [-0.15, -0.1) is 12.4 Å². The van der Waals surface area contributed by atoms with E-state index in [2.05, 4.69) is 22.6 Å². The number of carbonyl (C=O) groups excluding carboxylic acids is 1. The molecule has 1 aromatic rings. The third-order valence-electron chi connectivity index (χ3n) is 3.84. The average molecular weight is 409 g/mol. The van der Waals surface area contributed by atoms with E-state index in [1.807, 2.05) is 36.9 Å². The molecular weight excluding hydrogens is 387 g/mol. The first-order valence-corrected chi connectivity index (χ1v) is 7.92. The van der Waals surface area contributed by atoms with E-state index < -0.39 is 0 Å². The molecule has 20 heavy (non-hydrogen) atoms. The van der Waals surface area contributed by atoms with E-state index in [-0.39, 0.29) is 30.4 Å². The lowest BCUT2D eigenvalue weighted by Gasteiger charge is -2.38. The van der Waals surface area contributed by atoms with Gasteiger partial charge in [0.2, 0.25) is 0 Å². The van der Waals surface area contributed by atoms with Gasteiger partial charge in [-0.05, 0) is 67.3 Å². The van der Waals surface area contributed by atoms with Crippen LogP contribution < -0.4 is 5.73 Å². The van der Waals surface area contributed by atoms with Gasteiger partial charge in [-0.3, -0.25) is 4.79 Å². The molecule has 0 saturated carbocycles. The maximum atomic E-state index is 12.8. The van der Waals surface area contributed by atoms with Crippen molar-refractivity contribution in [1.82, 2.24) is 4.90 Å². The number of benzene rings is 1. The van der Waals surface area contributed by atoms with E-state index >= 15 is 0 Å². The van der Waals surface area contributed by atoms with Crippen molar-refractivity contribution in [3.63, 3.8) is 0 Å². The van der Waals surface area contributed by atoms with Crippen molar-refractivity contribution in [2.45, 2.75) is 45.2 Å². The zero-order valence-corrected chi connectivity index (χ0v) is 14.9. The van der Waals surface area contributed by atoms with Gasteiger partial charge >= 0.3 is 0 Å². The van der Waals surface area contributed by atoms with Gasteiger partial charge in [0.15, 0.2) is 0 Å². The molecule has 1 amide bonds. The number of rotatable bonds is 2. The van der Waals surface area contributed by atoms with Crippen molar-refractivity contribution in [3.8, 4) is 0 Å². The number of amides is 1. The molecule has 1 saturated heterocycles. The molecule has 112 valence electrons. The monoisotopic (exact) mass is 408 g/mol. The average Bonchev–Trinajstić information content (AvgIpc) is 2.41. The summed E-state index contributed by atoms with van der Waals surface area (Å²) in [5.74, 6) is 0.134. The van der Waals surface area contributed by atoms with Crippen LogP contribution in [0.25, 0.3) is 0 Å². The van der Waals surface area contributed by atoms with Crippen molar-refractivity contribution >= 4 is 40.9 Å². The van der Waals surface area contributed by atoms with Crippen LogP contribution in [0.5, 0.6) is 0 Å². The molecule has 1 fully saturated rings. The van der Waals surface area contributed by atoms with Gasteiger partial charge in [0.25, 0.3) is 5.91 Å². The lowest BCUT2D eigenvalue weighted by Crippen LogP contribution is -2.51. The molecule has 0 radical (unpaired) electrons. The number of likely N-dealkylation sites (tertiary alicyclic amines) is 1. The van der Waals surface area contributed by atoms with Gasteiger partial charge < -0.3 is 10.6 Å². The van der Waals surface area contributed by atoms with Crippen molar-refractivity contribution in [2.24, 2.45) is 5.73 Å². The highest BCUT2D eigenvalue weighted by atomic mass is 127. The first kappa shape index (κ1) is 17.7. The van der Waals surface area contributed by atoms with Gasteiger partial charge in [0.05, 0.1) is 5.56 Å². The molecule has 1 aromatic carbocycles. The Morgan fingerprint density at radius 2 is 2.15 bits per heavy atom. The fourth-order valence-corrected chi connectivity index (χ4v) is 3.31. The minimum absolute atomic E-state index is 0. The van der Waals surface area contributed by atoms with Gasteiger partial charge in [0, 0.05) is 22.2 Å². The van der Waals surface area contributed by atoms with Gasteiger partial charge in [-0.25, -0.2) is 0 Å². The van der Waals surface area contributed by atoms with Crippen LogP contribution in [0.15, 0.2) is 18.2 Å². The van der Waals surface area contributed by atoms with E-state index in [1.54, 1.807) is 0 Å². The second kappa shape index (κ2) is 7.61. The summed E-state index contributed by atoms with van der Waals surface area (Å²) in [5, 5.41) is 0. The molecule has 3 nitrogen and oxygen atoms in total. The summed E-state index contributed by atoms with van der Waals surface area (Å²) in [6.45, 7) is 4.87. The lowest BCUT2D eigenvalue weighted by atomic mass is 9.96. The normalized spacial score (nSPS) is 20.2. The topological polar surface area (TPSA) is 46.3 Å². The molecule has 2 unspecified atom stereocenters. The highest BCUT2D eigenvalue weighted by molar-refractivity contribution is 14.1.